The fraction of sp³-hybridized carbons (Fsp3) is 0.895. The molecule has 1 saturated heterocycles. The van der Waals surface area contributed by atoms with Gasteiger partial charge >= 0.3 is 0 Å². The van der Waals surface area contributed by atoms with Gasteiger partial charge in [-0.3, -0.25) is 4.79 Å². The van der Waals surface area contributed by atoms with Crippen LogP contribution in [0.3, 0.4) is 0 Å². The molecule has 0 radical (unpaired) electrons. The van der Waals surface area contributed by atoms with E-state index in [1.54, 1.807) is 0 Å². The van der Waals surface area contributed by atoms with Crippen LogP contribution < -0.4 is 16.0 Å². The molecular weight excluding hydrogens is 489 g/mol. The maximum Gasteiger partial charge on any atom is 0.228 e. The molecule has 176 valence electrons. The van der Waals surface area contributed by atoms with E-state index >= 15 is 0 Å². The molecule has 1 amide bonds. The molecule has 2 atom stereocenters. The van der Waals surface area contributed by atoms with Gasteiger partial charge in [0.2, 0.25) is 9.70 Å². The van der Waals surface area contributed by atoms with E-state index in [-0.39, 0.29) is 28.6 Å². The zero-order valence-corrected chi connectivity index (χ0v) is 21.4. The summed E-state index contributed by atoms with van der Waals surface area (Å²) in [5.41, 5.74) is 0. The summed E-state index contributed by atoms with van der Waals surface area (Å²) in [4.78, 5) is 12.2. The molecule has 0 bridgehead atoms. The minimum atomic E-state index is -3.04. The molecule has 0 unspecified atom stereocenters. The Labute approximate surface area is 201 Å². The van der Waals surface area contributed by atoms with Crippen molar-refractivity contribution in [2.24, 2.45) is 0 Å². The van der Waals surface area contributed by atoms with Crippen LogP contribution in [0.15, 0.2) is 0 Å². The van der Waals surface area contributed by atoms with Gasteiger partial charge in [-0.2, -0.15) is 0 Å². The molecule has 0 aromatic rings. The fourth-order valence-electron chi connectivity index (χ4n) is 3.30. The smallest absolute Gasteiger partial charge is 0.228 e. The Morgan fingerprint density at radius 1 is 1.03 bits per heavy atom. The van der Waals surface area contributed by atoms with Gasteiger partial charge in [0.15, 0.2) is 14.9 Å². The Morgan fingerprint density at radius 3 is 2.10 bits per heavy atom. The van der Waals surface area contributed by atoms with Gasteiger partial charge in [-0.1, -0.05) is 93.1 Å². The highest BCUT2D eigenvalue weighted by Crippen LogP contribution is 2.29. The van der Waals surface area contributed by atoms with Crippen LogP contribution in [-0.2, 0) is 14.6 Å². The van der Waals surface area contributed by atoms with E-state index in [0.29, 0.717) is 12.8 Å². The van der Waals surface area contributed by atoms with Gasteiger partial charge in [-0.25, -0.2) is 8.42 Å². The largest absolute Gasteiger partial charge is 0.359 e. The normalized spacial score (nSPS) is 19.3. The first-order valence-electron chi connectivity index (χ1n) is 10.7. The second kappa shape index (κ2) is 14.2. The standard InChI is InChI=1S/C19H34Cl3N3O3S2/c1-2-3-4-5-6-7-8-9-10-11-16(26)24-17(19(20,21)22)25-18(29)23-15-12-13-30(27,28)14-15/h15,17H,2-14H2,1H3,(H,24,26)(H2,23,25,29)/t15-,17+/m0/s1. The van der Waals surface area contributed by atoms with Gasteiger partial charge in [-0.15, -0.1) is 0 Å². The van der Waals surface area contributed by atoms with Crippen molar-refractivity contribution in [3.63, 3.8) is 0 Å². The van der Waals surface area contributed by atoms with E-state index in [1.165, 1.54) is 38.5 Å². The fourth-order valence-corrected chi connectivity index (χ4v) is 5.58. The van der Waals surface area contributed by atoms with Gasteiger partial charge in [0.25, 0.3) is 0 Å². The number of alkyl halides is 3. The van der Waals surface area contributed by atoms with E-state index in [0.717, 1.165) is 19.3 Å². The SMILES string of the molecule is CCCCCCCCCCCC(=O)N[C@H](NC(=S)N[C@H]1CCS(=O)(=O)C1)C(Cl)(Cl)Cl. The molecule has 0 aromatic heterocycles. The quantitative estimate of drug-likeness (QED) is 0.144. The predicted molar refractivity (Wildman–Crippen MR) is 130 cm³/mol. The van der Waals surface area contributed by atoms with Crippen molar-refractivity contribution in [1.82, 2.24) is 16.0 Å². The highest BCUT2D eigenvalue weighted by molar-refractivity contribution is 7.91. The molecule has 3 N–H and O–H groups in total. The summed E-state index contributed by atoms with van der Waals surface area (Å²) in [6.45, 7) is 2.21. The third-order valence-electron chi connectivity index (χ3n) is 4.98. The zero-order valence-electron chi connectivity index (χ0n) is 17.5. The Balaban J connectivity index is 2.29. The highest BCUT2D eigenvalue weighted by atomic mass is 35.6. The molecule has 1 aliphatic heterocycles. The number of carbonyl (C=O) groups is 1. The molecule has 0 aromatic carbocycles. The van der Waals surface area contributed by atoms with E-state index < -0.39 is 19.8 Å². The summed E-state index contributed by atoms with van der Waals surface area (Å²) in [6, 6.07) is -0.288. The van der Waals surface area contributed by atoms with Crippen molar-refractivity contribution in [3.05, 3.63) is 0 Å². The lowest BCUT2D eigenvalue weighted by Gasteiger charge is -2.28. The van der Waals surface area contributed by atoms with Crippen LogP contribution in [0.4, 0.5) is 0 Å². The first kappa shape index (κ1) is 28.0. The van der Waals surface area contributed by atoms with Gasteiger partial charge in [0.05, 0.1) is 11.5 Å². The summed E-state index contributed by atoms with van der Waals surface area (Å²) in [5.74, 6) is -0.0949. The van der Waals surface area contributed by atoms with Crippen LogP contribution in [0.5, 0.6) is 0 Å². The topological polar surface area (TPSA) is 87.3 Å². The lowest BCUT2D eigenvalue weighted by molar-refractivity contribution is -0.122. The molecule has 30 heavy (non-hydrogen) atoms. The maximum absolute atomic E-state index is 12.2. The number of thiocarbonyl (C=S) groups is 1. The van der Waals surface area contributed by atoms with Gasteiger partial charge in [0, 0.05) is 12.5 Å². The number of sulfone groups is 1. The zero-order chi connectivity index (χ0) is 22.6. The number of hydrogen-bond donors (Lipinski definition) is 3. The first-order valence-corrected chi connectivity index (χ1v) is 14.0. The first-order chi connectivity index (χ1) is 14.0. The third kappa shape index (κ3) is 12.7. The van der Waals surface area contributed by atoms with Crippen molar-refractivity contribution in [1.29, 1.82) is 0 Å². The van der Waals surface area contributed by atoms with Gasteiger partial charge < -0.3 is 16.0 Å². The average Bonchev–Trinajstić information content (AvgIpc) is 2.97. The lowest BCUT2D eigenvalue weighted by atomic mass is 10.1. The van der Waals surface area contributed by atoms with Crippen LogP contribution >= 0.6 is 47.0 Å². The van der Waals surface area contributed by atoms with Crippen LogP contribution in [0.2, 0.25) is 0 Å². The van der Waals surface area contributed by atoms with Crippen molar-refractivity contribution in [2.45, 2.75) is 93.6 Å². The number of amides is 1. The summed E-state index contributed by atoms with van der Waals surface area (Å²) >= 11 is 23.1. The minimum absolute atomic E-state index is 0.0121. The summed E-state index contributed by atoms with van der Waals surface area (Å²) < 4.78 is 21.3. The monoisotopic (exact) mass is 521 g/mol. The van der Waals surface area contributed by atoms with Crippen molar-refractivity contribution < 1.29 is 13.2 Å². The third-order valence-corrected chi connectivity index (χ3v) is 7.64. The highest BCUT2D eigenvalue weighted by Gasteiger charge is 2.35. The molecule has 1 fully saturated rings. The number of halogens is 3. The number of carbonyl (C=O) groups excluding carboxylic acids is 1. The van der Waals surface area contributed by atoms with E-state index in [1.807, 2.05) is 0 Å². The van der Waals surface area contributed by atoms with E-state index in [4.69, 9.17) is 47.0 Å². The molecule has 1 heterocycles. The molecule has 0 aliphatic carbocycles. The molecular formula is C19H34Cl3N3O3S2. The molecule has 6 nitrogen and oxygen atoms in total. The second-order valence-corrected chi connectivity index (χ2v) is 12.8. The Bertz CT molecular complexity index is 643. The average molecular weight is 523 g/mol. The van der Waals surface area contributed by atoms with E-state index in [9.17, 15) is 13.2 Å². The Morgan fingerprint density at radius 2 is 1.60 bits per heavy atom. The molecule has 1 aliphatic rings. The number of hydrogen-bond acceptors (Lipinski definition) is 4. The number of unbranched alkanes of at least 4 members (excludes halogenated alkanes) is 8. The molecule has 0 saturated carbocycles. The van der Waals surface area contributed by atoms with Crippen LogP contribution in [0, 0.1) is 0 Å². The van der Waals surface area contributed by atoms with Crippen LogP contribution in [-0.4, -0.2) is 46.9 Å². The minimum Gasteiger partial charge on any atom is -0.359 e. The van der Waals surface area contributed by atoms with Crippen molar-refractivity contribution >= 4 is 67.9 Å². The van der Waals surface area contributed by atoms with E-state index in [2.05, 4.69) is 22.9 Å². The van der Waals surface area contributed by atoms with Gasteiger partial charge in [0.1, 0.15) is 6.17 Å². The Kier molecular flexibility index (Phi) is 13.3. The molecule has 0 spiro atoms. The van der Waals surface area contributed by atoms with Crippen LogP contribution in [0.25, 0.3) is 0 Å². The lowest BCUT2D eigenvalue weighted by Crippen LogP contribution is -2.58. The predicted octanol–water partition coefficient (Wildman–Crippen LogP) is 4.37. The number of nitrogens with one attached hydrogen (secondary N) is 3. The van der Waals surface area contributed by atoms with Crippen molar-refractivity contribution in [2.75, 3.05) is 11.5 Å². The van der Waals surface area contributed by atoms with Crippen molar-refractivity contribution in [3.8, 4) is 0 Å². The summed E-state index contributed by atoms with van der Waals surface area (Å²) in [5, 5.41) is 8.48. The summed E-state index contributed by atoms with van der Waals surface area (Å²) in [7, 11) is -3.04. The Hall–Kier alpha value is -0.0200. The molecule has 11 heteroatoms. The molecule has 1 rings (SSSR count). The maximum atomic E-state index is 12.2. The van der Waals surface area contributed by atoms with Gasteiger partial charge in [-0.05, 0) is 25.1 Å². The number of rotatable bonds is 13. The summed E-state index contributed by atoms with van der Waals surface area (Å²) in [6.07, 6.45) is 10.3. The second-order valence-electron chi connectivity index (χ2n) is 7.84. The van der Waals surface area contributed by atoms with Crippen LogP contribution in [0.1, 0.15) is 77.6 Å².